The molecule has 1 fully saturated rings. The maximum atomic E-state index is 12.1. The van der Waals surface area contributed by atoms with Gasteiger partial charge in [-0.15, -0.1) is 0 Å². The molecule has 1 heterocycles. The van der Waals surface area contributed by atoms with Crippen LogP contribution in [0.3, 0.4) is 0 Å². The van der Waals surface area contributed by atoms with Crippen LogP contribution in [-0.4, -0.2) is 33.4 Å². The van der Waals surface area contributed by atoms with Gasteiger partial charge in [0.25, 0.3) is 0 Å². The van der Waals surface area contributed by atoms with Crippen LogP contribution in [0.1, 0.15) is 26.7 Å². The van der Waals surface area contributed by atoms with E-state index in [4.69, 9.17) is 4.74 Å². The molecule has 1 saturated heterocycles. The van der Waals surface area contributed by atoms with Gasteiger partial charge >= 0.3 is 0 Å². The van der Waals surface area contributed by atoms with Crippen LogP contribution in [-0.2, 0) is 10.0 Å². The zero-order chi connectivity index (χ0) is 15.3. The first-order valence-corrected chi connectivity index (χ1v) is 9.08. The van der Waals surface area contributed by atoms with Crippen molar-refractivity contribution in [2.45, 2.75) is 32.8 Å². The van der Waals surface area contributed by atoms with E-state index in [1.165, 1.54) is 0 Å². The molecule has 5 nitrogen and oxygen atoms in total. The van der Waals surface area contributed by atoms with E-state index in [0.717, 1.165) is 25.9 Å². The molecule has 21 heavy (non-hydrogen) atoms. The van der Waals surface area contributed by atoms with Crippen LogP contribution in [0.2, 0.25) is 0 Å². The van der Waals surface area contributed by atoms with Gasteiger partial charge in [-0.3, -0.25) is 4.72 Å². The van der Waals surface area contributed by atoms with Crippen molar-refractivity contribution in [3.63, 3.8) is 0 Å². The van der Waals surface area contributed by atoms with Crippen molar-refractivity contribution < 1.29 is 13.2 Å². The van der Waals surface area contributed by atoms with Crippen LogP contribution in [0.4, 0.5) is 5.69 Å². The number of benzene rings is 1. The van der Waals surface area contributed by atoms with E-state index in [1.807, 2.05) is 32.0 Å². The van der Waals surface area contributed by atoms with E-state index in [9.17, 15) is 8.42 Å². The molecule has 1 aromatic carbocycles. The third-order valence-corrected chi connectivity index (χ3v) is 4.92. The molecule has 0 radical (unpaired) electrons. The molecular formula is C15H24N2O3S. The van der Waals surface area contributed by atoms with Crippen molar-refractivity contribution in [2.24, 2.45) is 5.92 Å². The third kappa shape index (κ3) is 5.21. The van der Waals surface area contributed by atoms with E-state index in [2.05, 4.69) is 10.0 Å². The number of sulfonamides is 1. The normalized spacial score (nSPS) is 16.9. The fourth-order valence-electron chi connectivity index (χ4n) is 2.39. The number of nitrogens with one attached hydrogen (secondary N) is 2. The molecule has 118 valence electrons. The summed E-state index contributed by atoms with van der Waals surface area (Å²) in [5.41, 5.74) is 0.525. The Morgan fingerprint density at radius 2 is 1.95 bits per heavy atom. The molecule has 0 spiro atoms. The number of anilines is 1. The minimum atomic E-state index is -3.34. The second kappa shape index (κ2) is 7.13. The number of hydrogen-bond acceptors (Lipinski definition) is 4. The average molecular weight is 312 g/mol. The zero-order valence-electron chi connectivity index (χ0n) is 12.6. The summed E-state index contributed by atoms with van der Waals surface area (Å²) in [6.07, 6.45) is 2.02. The Labute approximate surface area is 127 Å². The SMILES string of the molecule is CC(C)CS(=O)(=O)Nc1ccccc1OC1CCNCC1. The molecule has 0 amide bonds. The van der Waals surface area contributed by atoms with Gasteiger partial charge in [0.1, 0.15) is 11.9 Å². The molecule has 0 saturated carbocycles. The van der Waals surface area contributed by atoms with Gasteiger partial charge in [-0.2, -0.15) is 0 Å². The van der Waals surface area contributed by atoms with Crippen molar-refractivity contribution in [3.8, 4) is 5.75 Å². The standard InChI is InChI=1S/C15H24N2O3S/c1-12(2)11-21(18,19)17-14-5-3-4-6-15(14)20-13-7-9-16-10-8-13/h3-6,12-13,16-17H,7-11H2,1-2H3. The molecule has 0 bridgehead atoms. The van der Waals surface area contributed by atoms with Crippen molar-refractivity contribution in [2.75, 3.05) is 23.6 Å². The topological polar surface area (TPSA) is 67.4 Å². The first kappa shape index (κ1) is 16.1. The fraction of sp³-hybridized carbons (Fsp3) is 0.600. The van der Waals surface area contributed by atoms with Gasteiger partial charge in [0.05, 0.1) is 11.4 Å². The summed E-state index contributed by atoms with van der Waals surface area (Å²) in [5, 5.41) is 3.28. The Morgan fingerprint density at radius 1 is 1.29 bits per heavy atom. The van der Waals surface area contributed by atoms with Crippen LogP contribution >= 0.6 is 0 Å². The summed E-state index contributed by atoms with van der Waals surface area (Å²) in [6, 6.07) is 7.22. The minimum absolute atomic E-state index is 0.0833. The van der Waals surface area contributed by atoms with Gasteiger partial charge in [0.2, 0.25) is 10.0 Å². The minimum Gasteiger partial charge on any atom is -0.488 e. The molecule has 0 aliphatic carbocycles. The maximum Gasteiger partial charge on any atom is 0.233 e. The van der Waals surface area contributed by atoms with Gasteiger partial charge in [-0.1, -0.05) is 26.0 Å². The van der Waals surface area contributed by atoms with Crippen molar-refractivity contribution in [1.29, 1.82) is 0 Å². The van der Waals surface area contributed by atoms with Crippen molar-refractivity contribution in [1.82, 2.24) is 5.32 Å². The summed E-state index contributed by atoms with van der Waals surface area (Å²) in [4.78, 5) is 0. The highest BCUT2D eigenvalue weighted by molar-refractivity contribution is 7.92. The molecule has 0 unspecified atom stereocenters. The lowest BCUT2D eigenvalue weighted by atomic mass is 10.1. The molecule has 2 rings (SSSR count). The summed E-state index contributed by atoms with van der Waals surface area (Å²) in [5.74, 6) is 0.797. The molecule has 2 N–H and O–H groups in total. The first-order valence-electron chi connectivity index (χ1n) is 7.43. The molecule has 1 aliphatic rings. The Bertz CT molecular complexity index is 552. The van der Waals surface area contributed by atoms with Gasteiger partial charge in [-0.25, -0.2) is 8.42 Å². The van der Waals surface area contributed by atoms with Crippen LogP contribution < -0.4 is 14.8 Å². The lowest BCUT2D eigenvalue weighted by Gasteiger charge is -2.25. The number of para-hydroxylation sites is 2. The van der Waals surface area contributed by atoms with Crippen LogP contribution in [0.15, 0.2) is 24.3 Å². The second-order valence-corrected chi connectivity index (χ2v) is 7.61. The van der Waals surface area contributed by atoms with Gasteiger partial charge in [0, 0.05) is 0 Å². The predicted molar refractivity (Wildman–Crippen MR) is 85.2 cm³/mol. The van der Waals surface area contributed by atoms with E-state index in [0.29, 0.717) is 11.4 Å². The Hall–Kier alpha value is -1.27. The Balaban J connectivity index is 2.09. The smallest absolute Gasteiger partial charge is 0.233 e. The van der Waals surface area contributed by atoms with E-state index in [-0.39, 0.29) is 17.8 Å². The van der Waals surface area contributed by atoms with E-state index in [1.54, 1.807) is 6.07 Å². The number of hydrogen-bond donors (Lipinski definition) is 2. The molecule has 0 atom stereocenters. The number of ether oxygens (including phenoxy) is 1. The third-order valence-electron chi connectivity index (χ3n) is 3.29. The van der Waals surface area contributed by atoms with Gasteiger partial charge in [0.15, 0.2) is 0 Å². The van der Waals surface area contributed by atoms with Crippen LogP contribution in [0.25, 0.3) is 0 Å². The maximum absolute atomic E-state index is 12.1. The van der Waals surface area contributed by atoms with Gasteiger partial charge < -0.3 is 10.1 Å². The molecule has 1 aliphatic heterocycles. The Kier molecular flexibility index (Phi) is 5.47. The molecule has 1 aromatic rings. The second-order valence-electron chi connectivity index (χ2n) is 5.84. The quantitative estimate of drug-likeness (QED) is 0.845. The van der Waals surface area contributed by atoms with Crippen molar-refractivity contribution in [3.05, 3.63) is 24.3 Å². The summed E-state index contributed by atoms with van der Waals surface area (Å²) < 4.78 is 32.8. The van der Waals surface area contributed by atoms with E-state index < -0.39 is 10.0 Å². The molecule has 0 aromatic heterocycles. The van der Waals surface area contributed by atoms with Crippen LogP contribution in [0, 0.1) is 5.92 Å². The monoisotopic (exact) mass is 312 g/mol. The fourth-order valence-corrected chi connectivity index (χ4v) is 3.86. The van der Waals surface area contributed by atoms with Gasteiger partial charge in [-0.05, 0) is 44.0 Å². The summed E-state index contributed by atoms with van der Waals surface area (Å²) in [6.45, 7) is 5.64. The highest BCUT2D eigenvalue weighted by Gasteiger charge is 2.19. The summed E-state index contributed by atoms with van der Waals surface area (Å²) in [7, 11) is -3.34. The lowest BCUT2D eigenvalue weighted by Crippen LogP contribution is -2.34. The number of piperidine rings is 1. The molecule has 6 heteroatoms. The largest absolute Gasteiger partial charge is 0.488 e. The highest BCUT2D eigenvalue weighted by atomic mass is 32.2. The highest BCUT2D eigenvalue weighted by Crippen LogP contribution is 2.27. The average Bonchev–Trinajstić information content (AvgIpc) is 2.40. The van der Waals surface area contributed by atoms with E-state index >= 15 is 0 Å². The predicted octanol–water partition coefficient (Wildman–Crippen LogP) is 2.22. The van der Waals surface area contributed by atoms with Crippen molar-refractivity contribution >= 4 is 15.7 Å². The summed E-state index contributed by atoms with van der Waals surface area (Å²) >= 11 is 0. The van der Waals surface area contributed by atoms with Crippen LogP contribution in [0.5, 0.6) is 5.75 Å². The Morgan fingerprint density at radius 3 is 2.62 bits per heavy atom. The number of rotatable bonds is 6. The lowest BCUT2D eigenvalue weighted by molar-refractivity contribution is 0.163. The first-order chi connectivity index (χ1) is 9.96. The molecular weight excluding hydrogens is 288 g/mol. The zero-order valence-corrected chi connectivity index (χ0v) is 13.4.